The third-order valence-electron chi connectivity index (χ3n) is 5.64. The van der Waals surface area contributed by atoms with E-state index < -0.39 is 28.7 Å². The lowest BCUT2D eigenvalue weighted by Crippen LogP contribution is -2.45. The van der Waals surface area contributed by atoms with Crippen LogP contribution in [0.1, 0.15) is 16.7 Å². The number of hydrogen-bond acceptors (Lipinski definition) is 4. The number of hydrogen-bond donors (Lipinski definition) is 1. The zero-order valence-corrected chi connectivity index (χ0v) is 19.8. The minimum atomic E-state index is -1.45. The van der Waals surface area contributed by atoms with Crippen LogP contribution < -0.4 is 10.1 Å². The second-order valence-corrected chi connectivity index (χ2v) is 8.80. The molecule has 1 aliphatic rings. The number of rotatable bonds is 5. The minimum absolute atomic E-state index is 0.397. The normalized spacial score (nSPS) is 17.4. The molecule has 2 atom stereocenters. The Hall–Kier alpha value is -3.34. The first-order valence-electron chi connectivity index (χ1n) is 10.00. The molecule has 0 saturated carbocycles. The van der Waals surface area contributed by atoms with E-state index in [1.807, 2.05) is 30.3 Å². The Bertz CT molecular complexity index is 1300. The van der Waals surface area contributed by atoms with Crippen LogP contribution in [0.25, 0.3) is 0 Å². The van der Waals surface area contributed by atoms with Crippen molar-refractivity contribution in [3.8, 4) is 17.6 Å². The number of nitrogens with zero attached hydrogens (tertiary/aromatic N) is 1. The largest absolute Gasteiger partial charge is 0.496 e. The van der Waals surface area contributed by atoms with Crippen molar-refractivity contribution in [2.45, 2.75) is 5.41 Å². The number of fused-ring (bicyclic) bond motifs is 1. The molecule has 0 saturated heterocycles. The molecule has 4 rings (SSSR count). The van der Waals surface area contributed by atoms with E-state index in [2.05, 4.69) is 33.1 Å². The Morgan fingerprint density at radius 3 is 2.61 bits per heavy atom. The number of nitro groups is 1. The van der Waals surface area contributed by atoms with Gasteiger partial charge in [0.2, 0.25) is 12.5 Å². The molecule has 3 aromatic carbocycles. The number of halogens is 2. The van der Waals surface area contributed by atoms with Crippen molar-refractivity contribution < 1.29 is 14.5 Å². The highest BCUT2D eigenvalue weighted by Crippen LogP contribution is 2.49. The van der Waals surface area contributed by atoms with Crippen LogP contribution >= 0.6 is 27.5 Å². The van der Waals surface area contributed by atoms with Gasteiger partial charge in [0.15, 0.2) is 0 Å². The number of carbonyl (C=O) groups is 1. The van der Waals surface area contributed by atoms with E-state index in [0.29, 0.717) is 37.6 Å². The van der Waals surface area contributed by atoms with Crippen molar-refractivity contribution in [2.75, 3.05) is 19.0 Å². The van der Waals surface area contributed by atoms with E-state index in [4.69, 9.17) is 16.3 Å². The second-order valence-electron chi connectivity index (χ2n) is 7.50. The molecule has 33 heavy (non-hydrogen) atoms. The molecule has 0 bridgehead atoms. The Kier molecular flexibility index (Phi) is 6.41. The summed E-state index contributed by atoms with van der Waals surface area (Å²) in [4.78, 5) is 25.0. The van der Waals surface area contributed by atoms with Crippen molar-refractivity contribution >= 4 is 39.1 Å². The van der Waals surface area contributed by atoms with E-state index in [1.165, 1.54) is 7.11 Å². The predicted molar refractivity (Wildman–Crippen MR) is 130 cm³/mol. The molecule has 1 amide bonds. The van der Waals surface area contributed by atoms with E-state index in [9.17, 15) is 14.9 Å². The highest BCUT2D eigenvalue weighted by atomic mass is 79.9. The molecule has 0 fully saturated rings. The monoisotopic (exact) mass is 524 g/mol. The highest BCUT2D eigenvalue weighted by Gasteiger charge is 2.55. The van der Waals surface area contributed by atoms with Crippen LogP contribution in [-0.2, 0) is 10.2 Å². The molecule has 166 valence electrons. The zero-order chi connectivity index (χ0) is 23.6. The van der Waals surface area contributed by atoms with Gasteiger partial charge in [-0.2, -0.15) is 0 Å². The van der Waals surface area contributed by atoms with Crippen LogP contribution in [0, 0.1) is 27.9 Å². The van der Waals surface area contributed by atoms with Gasteiger partial charge in [-0.25, -0.2) is 0 Å². The van der Waals surface area contributed by atoms with Crippen molar-refractivity contribution in [1.82, 2.24) is 0 Å². The number of ether oxygens (including phenoxy) is 1. The number of anilines is 1. The van der Waals surface area contributed by atoms with Gasteiger partial charge in [-0.3, -0.25) is 14.9 Å². The van der Waals surface area contributed by atoms with E-state index in [1.54, 1.807) is 36.4 Å². The average molecular weight is 526 g/mol. The third-order valence-corrected chi connectivity index (χ3v) is 6.49. The standard InChI is InChI=1S/C25H18BrClN2O4/c1-33-23-12-9-17(13-21(23)26)25(20-14-19(27)10-11-22(20)28-24(25)30)18(15-29(31)32)8-7-16-5-3-2-4-6-16/h2-6,9-14,18H,15H2,1H3,(H,28,30)/t18-,25-/m0/s1. The summed E-state index contributed by atoms with van der Waals surface area (Å²) in [5.74, 6) is 5.26. The van der Waals surface area contributed by atoms with Crippen LogP contribution in [0.3, 0.4) is 0 Å². The van der Waals surface area contributed by atoms with Crippen molar-refractivity contribution in [2.24, 2.45) is 5.92 Å². The van der Waals surface area contributed by atoms with Gasteiger partial charge < -0.3 is 10.1 Å². The predicted octanol–water partition coefficient (Wildman–Crippen LogP) is 5.29. The van der Waals surface area contributed by atoms with Gasteiger partial charge >= 0.3 is 0 Å². The van der Waals surface area contributed by atoms with Crippen molar-refractivity contribution in [3.05, 3.63) is 103 Å². The van der Waals surface area contributed by atoms with Crippen LogP contribution in [0.5, 0.6) is 5.75 Å². The maximum absolute atomic E-state index is 13.7. The summed E-state index contributed by atoms with van der Waals surface area (Å²) >= 11 is 9.79. The second kappa shape index (κ2) is 9.26. The lowest BCUT2D eigenvalue weighted by molar-refractivity contribution is -0.486. The average Bonchev–Trinajstić information content (AvgIpc) is 3.08. The first-order chi connectivity index (χ1) is 15.9. The van der Waals surface area contributed by atoms with Gasteiger partial charge in [-0.15, -0.1) is 0 Å². The number of benzene rings is 3. The van der Waals surface area contributed by atoms with Gasteiger partial charge in [0.25, 0.3) is 0 Å². The maximum Gasteiger partial charge on any atom is 0.241 e. The third kappa shape index (κ3) is 4.20. The lowest BCUT2D eigenvalue weighted by Gasteiger charge is -2.32. The van der Waals surface area contributed by atoms with Gasteiger partial charge in [0.05, 0.1) is 11.6 Å². The van der Waals surface area contributed by atoms with Crippen LogP contribution in [0.4, 0.5) is 5.69 Å². The first kappa shape index (κ1) is 22.8. The molecule has 0 aliphatic carbocycles. The van der Waals surface area contributed by atoms with Gasteiger partial charge in [-0.05, 0) is 69.5 Å². The molecular formula is C25H18BrClN2O4. The summed E-state index contributed by atoms with van der Waals surface area (Å²) in [6.07, 6.45) is 0. The Labute approximate surface area is 204 Å². The van der Waals surface area contributed by atoms with E-state index in [0.717, 1.165) is 0 Å². The van der Waals surface area contributed by atoms with E-state index >= 15 is 0 Å². The first-order valence-corrected chi connectivity index (χ1v) is 11.2. The van der Waals surface area contributed by atoms with Crippen molar-refractivity contribution in [1.29, 1.82) is 0 Å². The summed E-state index contributed by atoms with van der Waals surface area (Å²) in [6, 6.07) is 19.4. The Morgan fingerprint density at radius 1 is 1.18 bits per heavy atom. The molecule has 1 aliphatic heterocycles. The molecule has 0 unspecified atom stereocenters. The fraction of sp³-hybridized carbons (Fsp3) is 0.160. The quantitative estimate of drug-likeness (QED) is 0.279. The topological polar surface area (TPSA) is 81.5 Å². The Balaban J connectivity index is 2.01. The summed E-state index contributed by atoms with van der Waals surface area (Å²) in [6.45, 7) is -0.539. The molecule has 3 aromatic rings. The number of carbonyl (C=O) groups excluding carboxylic acids is 1. The molecular weight excluding hydrogens is 508 g/mol. The highest BCUT2D eigenvalue weighted by molar-refractivity contribution is 9.10. The molecule has 6 nitrogen and oxygen atoms in total. The summed E-state index contributed by atoms with van der Waals surface area (Å²) in [5.41, 5.74) is 0.881. The van der Waals surface area contributed by atoms with E-state index in [-0.39, 0.29) is 0 Å². The van der Waals surface area contributed by atoms with Crippen molar-refractivity contribution in [3.63, 3.8) is 0 Å². The lowest BCUT2D eigenvalue weighted by atomic mass is 9.66. The van der Waals surface area contributed by atoms with Crippen LogP contribution in [0.15, 0.2) is 71.2 Å². The molecule has 1 heterocycles. The van der Waals surface area contributed by atoms with Crippen LogP contribution in [0.2, 0.25) is 5.02 Å². The Morgan fingerprint density at radius 2 is 1.94 bits per heavy atom. The molecule has 0 spiro atoms. The summed E-state index contributed by atoms with van der Waals surface area (Å²) in [7, 11) is 1.54. The SMILES string of the molecule is COc1ccc([C@@]2([C@@H](C#Cc3ccccc3)C[N+](=O)[O-])C(=O)Nc3ccc(Cl)cc32)cc1Br. The minimum Gasteiger partial charge on any atom is -0.496 e. The molecule has 8 heteroatoms. The molecule has 0 aromatic heterocycles. The maximum atomic E-state index is 13.7. The van der Waals surface area contributed by atoms with Gasteiger partial charge in [-0.1, -0.05) is 47.7 Å². The molecule has 0 radical (unpaired) electrons. The molecule has 1 N–H and O–H groups in total. The summed E-state index contributed by atoms with van der Waals surface area (Å²) in [5, 5.41) is 15.0. The van der Waals surface area contributed by atoms with Gasteiger partial charge in [0.1, 0.15) is 17.1 Å². The number of nitrogens with one attached hydrogen (secondary N) is 1. The smallest absolute Gasteiger partial charge is 0.241 e. The number of amides is 1. The summed E-state index contributed by atoms with van der Waals surface area (Å²) < 4.78 is 5.95. The fourth-order valence-corrected chi connectivity index (χ4v) is 4.88. The van der Waals surface area contributed by atoms with Gasteiger partial charge in [0, 0.05) is 21.2 Å². The van der Waals surface area contributed by atoms with Crippen LogP contribution in [-0.4, -0.2) is 24.5 Å². The zero-order valence-electron chi connectivity index (χ0n) is 17.5. The number of methoxy groups -OCH3 is 1. The fourth-order valence-electron chi connectivity index (χ4n) is 4.17.